The van der Waals surface area contributed by atoms with E-state index in [2.05, 4.69) is 26.1 Å². The summed E-state index contributed by atoms with van der Waals surface area (Å²) < 4.78 is 31.0. The molecule has 4 amide bonds. The molecule has 6 aromatic rings. The van der Waals surface area contributed by atoms with E-state index in [4.69, 9.17) is 28.5 Å². The Hall–Kier alpha value is -8.54. The molecule has 3 aliphatic heterocycles. The van der Waals surface area contributed by atoms with Crippen LogP contribution in [-0.2, 0) is 51.9 Å². The predicted molar refractivity (Wildman–Crippen MR) is 330 cm³/mol. The summed E-state index contributed by atoms with van der Waals surface area (Å²) in [6.07, 6.45) is 1.70. The lowest BCUT2D eigenvalue weighted by molar-refractivity contribution is -0.911. The molecule has 0 radical (unpaired) electrons. The Morgan fingerprint density at radius 2 is 1.48 bits per heavy atom. The zero-order valence-electron chi connectivity index (χ0n) is 50.4. The number of fused-ring (bicyclic) bond motifs is 2. The number of anilines is 1. The highest BCUT2D eigenvalue weighted by atomic mass is 32.2. The van der Waals surface area contributed by atoms with Crippen molar-refractivity contribution in [2.45, 2.75) is 109 Å². The first-order valence-electron chi connectivity index (χ1n) is 28.6. The molecule has 2 saturated heterocycles. The zero-order chi connectivity index (χ0) is 62.4. The summed E-state index contributed by atoms with van der Waals surface area (Å²) in [5, 5.41) is 13.7. The van der Waals surface area contributed by atoms with Crippen LogP contribution in [0.15, 0.2) is 136 Å². The Bertz CT molecular complexity index is 3640. The van der Waals surface area contributed by atoms with Gasteiger partial charge in [0.05, 0.1) is 56.0 Å². The number of nitrogens with zero attached hydrogens (tertiary/aromatic N) is 5. The fraction of sp³-hybridized carbons (Fsp3) is 0.391. The Morgan fingerprint density at radius 3 is 2.11 bits per heavy atom. The number of esters is 2. The van der Waals surface area contributed by atoms with E-state index in [1.165, 1.54) is 35.9 Å². The van der Waals surface area contributed by atoms with E-state index < -0.39 is 69.9 Å². The minimum Gasteiger partial charge on any atom is -0.497 e. The molecule has 2 atom stereocenters. The van der Waals surface area contributed by atoms with E-state index in [-0.39, 0.29) is 52.5 Å². The van der Waals surface area contributed by atoms with E-state index in [0.717, 1.165) is 42.8 Å². The summed E-state index contributed by atoms with van der Waals surface area (Å²) in [4.78, 5) is 110. The quantitative estimate of drug-likeness (QED) is 0.0152. The summed E-state index contributed by atoms with van der Waals surface area (Å²) in [5.41, 5.74) is -0.468. The largest absolute Gasteiger partial charge is 0.497 e. The van der Waals surface area contributed by atoms with Crippen LogP contribution in [0.2, 0.25) is 0 Å². The van der Waals surface area contributed by atoms with Crippen LogP contribution in [0.1, 0.15) is 107 Å². The Kier molecular flexibility index (Phi) is 19.0. The van der Waals surface area contributed by atoms with Gasteiger partial charge < -0.3 is 48.2 Å². The van der Waals surface area contributed by atoms with Crippen molar-refractivity contribution in [1.82, 2.24) is 25.1 Å². The molecule has 23 heteroatoms. The molecule has 2 aromatic heterocycles. The maximum Gasteiger partial charge on any atom is 0.413 e. The van der Waals surface area contributed by atoms with E-state index in [1.54, 1.807) is 84.7 Å². The predicted octanol–water partition coefficient (Wildman–Crippen LogP) is 8.80. The van der Waals surface area contributed by atoms with Crippen LogP contribution in [0.25, 0.3) is 10.9 Å². The maximum absolute atomic E-state index is 15.3. The number of thioether (sulfide) groups is 1. The van der Waals surface area contributed by atoms with Gasteiger partial charge in [0, 0.05) is 36.6 Å². The molecule has 5 heterocycles. The number of hydrogen-bond acceptors (Lipinski definition) is 17. The SMILES string of the molecule is COc1ccc(COc2cn(C)c3c(C(=O)NCC[N+]4(CC5=C(C(=O)OC(c6ccccc6)c6ccccc6)N6C(=O)[C@@H](NC(=O)/C(=N\OC(C)(C)C(=O)OC(C)(C)C)c7csc(NC(=O)OC(C)(C)C)n7)C6SC5)CCCC4)cccc3c2=O)cc1. The number of methoxy groups -OCH3 is 1. The number of hydrogen-bond donors (Lipinski definition) is 3. The van der Waals surface area contributed by atoms with Crippen molar-refractivity contribution >= 4 is 80.6 Å². The van der Waals surface area contributed by atoms with Crippen LogP contribution in [0.4, 0.5) is 9.93 Å². The molecular weight excluding hydrogens is 1150 g/mol. The Morgan fingerprint density at radius 1 is 0.828 bits per heavy atom. The highest BCUT2D eigenvalue weighted by Crippen LogP contribution is 2.43. The first kappa shape index (κ1) is 63.0. The number of carbonyl (C=O) groups is 6. The number of pyridine rings is 1. The van der Waals surface area contributed by atoms with Gasteiger partial charge in [-0.05, 0) is 96.3 Å². The fourth-order valence-electron chi connectivity index (χ4n) is 10.5. The first-order chi connectivity index (χ1) is 41.3. The van der Waals surface area contributed by atoms with Crippen LogP contribution in [0.3, 0.4) is 0 Å². The molecule has 87 heavy (non-hydrogen) atoms. The standard InChI is InChI=1S/C64H72N8O13S2/c1-62(2,3)83-59(78)64(7,8)85-69-48(46-38-87-60(66-46)68-61(79)84-63(4,5)6)55(75)67-49-56(76)71-50(58(77)82-53(40-20-13-11-14-21-40)41-22-15-12-16-23-41)42(37-86-57(49)71)35-72(31-17-18-32-72)33-30-65-54(74)45-25-19-24-44-51(45)70(9)34-47(52(44)73)81-36-39-26-28-43(80-10)29-27-39/h11-16,19-29,34,38,49,53,57H,17-18,30-33,35-37H2,1-10H3,(H2-,65,66,67,68,74,75,79)/p+1/b69-48-/t49-,57?/m1/s1. The average Bonchev–Trinajstić information content (AvgIpc) is 1.30. The number of benzene rings is 4. The van der Waals surface area contributed by atoms with Crippen molar-refractivity contribution in [2.75, 3.05) is 50.9 Å². The van der Waals surface area contributed by atoms with E-state index in [0.29, 0.717) is 56.5 Å². The molecule has 1 unspecified atom stereocenters. The third-order valence-electron chi connectivity index (χ3n) is 14.7. The molecular formula is C64H73N8O13S2+. The second-order valence-corrected chi connectivity index (χ2v) is 26.0. The van der Waals surface area contributed by atoms with Gasteiger partial charge >= 0.3 is 18.0 Å². The van der Waals surface area contributed by atoms with Crippen LogP contribution in [0, 0.1) is 0 Å². The van der Waals surface area contributed by atoms with Gasteiger partial charge in [-0.2, -0.15) is 0 Å². The number of carbonyl (C=O) groups excluding carboxylic acids is 6. The molecule has 458 valence electrons. The Balaban J connectivity index is 0.979. The highest BCUT2D eigenvalue weighted by Gasteiger charge is 2.56. The van der Waals surface area contributed by atoms with Crippen LogP contribution < -0.4 is 30.9 Å². The lowest BCUT2D eigenvalue weighted by Gasteiger charge is -2.50. The van der Waals surface area contributed by atoms with Gasteiger partial charge in [0.1, 0.15) is 52.9 Å². The van der Waals surface area contributed by atoms with Crippen molar-refractivity contribution in [3.8, 4) is 11.5 Å². The number of rotatable bonds is 21. The van der Waals surface area contributed by atoms with Gasteiger partial charge in [-0.3, -0.25) is 29.4 Å². The van der Waals surface area contributed by atoms with E-state index in [1.807, 2.05) is 84.9 Å². The number of para-hydroxylation sites is 1. The van der Waals surface area contributed by atoms with Crippen molar-refractivity contribution in [3.05, 3.63) is 164 Å². The minimum absolute atomic E-state index is 0.0532. The van der Waals surface area contributed by atoms with E-state index >= 15 is 4.79 Å². The monoisotopic (exact) mass is 1230 g/mol. The normalized spacial score (nSPS) is 16.8. The number of ether oxygens (including phenoxy) is 5. The third kappa shape index (κ3) is 15.0. The fourth-order valence-corrected chi connectivity index (χ4v) is 12.5. The van der Waals surface area contributed by atoms with Crippen molar-refractivity contribution in [3.63, 3.8) is 0 Å². The second-order valence-electron chi connectivity index (χ2n) is 24.0. The van der Waals surface area contributed by atoms with Crippen LogP contribution in [-0.4, -0.2) is 134 Å². The molecule has 2 fully saturated rings. The molecule has 4 aromatic carbocycles. The molecule has 0 bridgehead atoms. The third-order valence-corrected chi connectivity index (χ3v) is 16.8. The maximum atomic E-state index is 15.3. The number of aromatic nitrogens is 2. The topological polar surface area (TPSA) is 244 Å². The smallest absolute Gasteiger partial charge is 0.413 e. The van der Waals surface area contributed by atoms with Gasteiger partial charge in [0.2, 0.25) is 11.0 Å². The van der Waals surface area contributed by atoms with Crippen LogP contribution in [0.5, 0.6) is 11.5 Å². The van der Waals surface area contributed by atoms with Gasteiger partial charge in [-0.25, -0.2) is 19.4 Å². The number of aryl methyl sites for hydroxylation is 1. The summed E-state index contributed by atoms with van der Waals surface area (Å²) in [7, 11) is 3.35. The molecule has 9 rings (SSSR count). The number of nitrogens with one attached hydrogen (secondary N) is 3. The van der Waals surface area contributed by atoms with Gasteiger partial charge in [-0.15, -0.1) is 23.1 Å². The number of oxime groups is 1. The van der Waals surface area contributed by atoms with E-state index in [9.17, 15) is 28.8 Å². The second kappa shape index (κ2) is 26.2. The van der Waals surface area contributed by atoms with Crippen molar-refractivity contribution < 1.29 is 61.8 Å². The van der Waals surface area contributed by atoms with Crippen molar-refractivity contribution in [2.24, 2.45) is 12.2 Å². The Labute approximate surface area is 512 Å². The molecule has 3 N–H and O–H groups in total. The van der Waals surface area contributed by atoms with Gasteiger partial charge in [0.15, 0.2) is 22.7 Å². The van der Waals surface area contributed by atoms with Crippen LogP contribution >= 0.6 is 23.1 Å². The molecule has 0 aliphatic carbocycles. The molecule has 3 aliphatic rings. The number of likely N-dealkylation sites (tertiary alicyclic amines) is 1. The van der Waals surface area contributed by atoms with Gasteiger partial charge in [-0.1, -0.05) is 84.0 Å². The van der Waals surface area contributed by atoms with Gasteiger partial charge in [0.25, 0.3) is 17.7 Å². The average molecular weight is 1230 g/mol. The lowest BCUT2D eigenvalue weighted by Crippen LogP contribution is -2.71. The zero-order valence-corrected chi connectivity index (χ0v) is 52.1. The molecule has 0 saturated carbocycles. The first-order valence-corrected chi connectivity index (χ1v) is 30.5. The number of quaternary nitrogens is 1. The number of β-lactam (4-membered cyclic amide) rings is 1. The highest BCUT2D eigenvalue weighted by molar-refractivity contribution is 8.00. The minimum atomic E-state index is -1.71. The molecule has 21 nitrogen and oxygen atoms in total. The molecule has 0 spiro atoms. The van der Waals surface area contributed by atoms with Crippen molar-refractivity contribution in [1.29, 1.82) is 0 Å². The summed E-state index contributed by atoms with van der Waals surface area (Å²) in [6, 6.07) is 29.8. The lowest BCUT2D eigenvalue weighted by atomic mass is 10.00. The summed E-state index contributed by atoms with van der Waals surface area (Å²) in [6.45, 7) is 15.7. The summed E-state index contributed by atoms with van der Waals surface area (Å²) in [5.74, 6) is -2.25. The summed E-state index contributed by atoms with van der Waals surface area (Å²) >= 11 is 2.34. The number of amides is 4. The number of thiazole rings is 1.